The number of aromatic nitrogens is 4. The summed E-state index contributed by atoms with van der Waals surface area (Å²) in [6.45, 7) is 0. The van der Waals surface area contributed by atoms with E-state index >= 15 is 0 Å². The topological polar surface area (TPSA) is 154 Å². The van der Waals surface area contributed by atoms with Crippen LogP contribution in [0, 0.1) is 0 Å². The van der Waals surface area contributed by atoms with Gasteiger partial charge in [-0.3, -0.25) is 9.13 Å². The van der Waals surface area contributed by atoms with Crippen LogP contribution in [0.5, 0.6) is 0 Å². The van der Waals surface area contributed by atoms with Crippen molar-refractivity contribution in [3.8, 4) is 11.1 Å². The van der Waals surface area contributed by atoms with Crippen molar-refractivity contribution in [3.05, 3.63) is 89.0 Å². The maximum Gasteiger partial charge on any atom is 0.330 e. The van der Waals surface area contributed by atoms with Crippen LogP contribution in [0.15, 0.2) is 60.7 Å². The summed E-state index contributed by atoms with van der Waals surface area (Å²) in [5, 5.41) is 0. The number of benzene rings is 1. The smallest absolute Gasteiger partial charge is 0.330 e. The highest BCUT2D eigenvalue weighted by atomic mass is 31.2. The summed E-state index contributed by atoms with van der Waals surface area (Å²) in [5.74, 6) is -0.294. The number of nitrogens with two attached hydrogens (primary N) is 1. The van der Waals surface area contributed by atoms with Crippen LogP contribution >= 0.6 is 15.2 Å². The van der Waals surface area contributed by atoms with Gasteiger partial charge in [0, 0.05) is 67.3 Å². The molecular weight excluding hydrogens is 648 g/mol. The molecule has 0 saturated carbocycles. The van der Waals surface area contributed by atoms with Gasteiger partial charge in [0.15, 0.2) is 0 Å². The molecule has 8 bridgehead atoms. The molecule has 6 rings (SSSR count). The zero-order chi connectivity index (χ0) is 33.9. The van der Waals surface area contributed by atoms with Crippen LogP contribution in [-0.2, 0) is 27.2 Å². The average molecular weight is 688 g/mol. The fourth-order valence-corrected chi connectivity index (χ4v) is 8.33. The van der Waals surface area contributed by atoms with Gasteiger partial charge < -0.3 is 33.8 Å². The third-order valence-corrected chi connectivity index (χ3v) is 12.5. The van der Waals surface area contributed by atoms with Crippen molar-refractivity contribution >= 4 is 67.2 Å². The number of nitrogen functional groups attached to an aromatic ring is 1. The first-order valence-electron chi connectivity index (χ1n) is 15.5. The van der Waals surface area contributed by atoms with Crippen molar-refractivity contribution in [2.24, 2.45) is 0 Å². The third kappa shape index (κ3) is 7.32. The summed E-state index contributed by atoms with van der Waals surface area (Å²) in [6.07, 6.45) is 8.87. The Morgan fingerprint density at radius 2 is 1.12 bits per heavy atom. The molecule has 48 heavy (non-hydrogen) atoms. The molecule has 13 heteroatoms. The van der Waals surface area contributed by atoms with E-state index in [1.54, 1.807) is 0 Å². The standard InChI is InChI=1S/C35H39N5O6P2/c1-43-47(41,44-2)19-17-24(18-20-48(42,45-3)46-4)35-32-15-11-28(39-32)21-26-9-13-30(37-26)34(23-5-7-25(36)8-6-23)31-14-10-27(38-31)22-29-12-16-33(35)40-29/h5-16,21-22,24,37-38H,17-20,36H2,1-4H3. The van der Waals surface area contributed by atoms with Gasteiger partial charge in [-0.15, -0.1) is 0 Å². The van der Waals surface area contributed by atoms with Crippen LogP contribution < -0.4 is 5.73 Å². The van der Waals surface area contributed by atoms with Gasteiger partial charge in [0.1, 0.15) is 0 Å². The molecule has 0 unspecified atom stereocenters. The lowest BCUT2D eigenvalue weighted by Crippen LogP contribution is -2.10. The van der Waals surface area contributed by atoms with Crippen molar-refractivity contribution in [2.45, 2.75) is 18.8 Å². The molecule has 2 aliphatic rings. The quantitative estimate of drug-likeness (QED) is 0.0846. The van der Waals surface area contributed by atoms with E-state index in [2.05, 4.69) is 22.1 Å². The molecule has 1 aromatic carbocycles. The van der Waals surface area contributed by atoms with E-state index in [0.717, 1.165) is 50.1 Å². The van der Waals surface area contributed by atoms with Gasteiger partial charge in [0.2, 0.25) is 0 Å². The number of rotatable bonds is 12. The molecule has 5 heterocycles. The zero-order valence-electron chi connectivity index (χ0n) is 27.3. The van der Waals surface area contributed by atoms with E-state index in [1.165, 1.54) is 28.4 Å². The Kier molecular flexibility index (Phi) is 9.99. The molecule has 0 radical (unpaired) electrons. The van der Waals surface area contributed by atoms with Crippen LogP contribution in [0.25, 0.3) is 57.5 Å². The minimum Gasteiger partial charge on any atom is -0.399 e. The fraction of sp³-hybridized carbons (Fsp3) is 0.257. The molecule has 3 aromatic heterocycles. The van der Waals surface area contributed by atoms with Crippen LogP contribution in [-0.4, -0.2) is 60.7 Å². The molecule has 2 aliphatic heterocycles. The Morgan fingerprint density at radius 1 is 0.667 bits per heavy atom. The van der Waals surface area contributed by atoms with Gasteiger partial charge in [-0.2, -0.15) is 0 Å². The lowest BCUT2D eigenvalue weighted by molar-refractivity contribution is 0.272. The Bertz CT molecular complexity index is 2000. The zero-order valence-corrected chi connectivity index (χ0v) is 29.1. The number of fused-ring (bicyclic) bond motifs is 8. The number of anilines is 1. The van der Waals surface area contributed by atoms with E-state index in [9.17, 15) is 9.13 Å². The highest BCUT2D eigenvalue weighted by Gasteiger charge is 2.30. The minimum absolute atomic E-state index is 0.140. The van der Waals surface area contributed by atoms with Crippen LogP contribution in [0.2, 0.25) is 0 Å². The predicted molar refractivity (Wildman–Crippen MR) is 194 cm³/mol. The first-order chi connectivity index (χ1) is 23.1. The molecule has 0 spiro atoms. The van der Waals surface area contributed by atoms with Gasteiger partial charge in [0.05, 0.1) is 35.1 Å². The van der Waals surface area contributed by atoms with Gasteiger partial charge >= 0.3 is 15.2 Å². The predicted octanol–water partition coefficient (Wildman–Crippen LogP) is 8.74. The molecule has 4 aromatic rings. The summed E-state index contributed by atoms with van der Waals surface area (Å²) in [4.78, 5) is 17.2. The molecule has 4 N–H and O–H groups in total. The fourth-order valence-electron chi connectivity index (χ4n) is 6.05. The first-order valence-corrected chi connectivity index (χ1v) is 19.0. The largest absolute Gasteiger partial charge is 0.399 e. The average Bonchev–Trinajstić information content (AvgIpc) is 3.93. The van der Waals surface area contributed by atoms with Gasteiger partial charge in [0.25, 0.3) is 0 Å². The molecule has 250 valence electrons. The van der Waals surface area contributed by atoms with Crippen LogP contribution in [0.4, 0.5) is 5.69 Å². The highest BCUT2D eigenvalue weighted by Crippen LogP contribution is 2.52. The summed E-state index contributed by atoms with van der Waals surface area (Å²) in [5.41, 5.74) is 16.1. The first kappa shape index (κ1) is 33.8. The summed E-state index contributed by atoms with van der Waals surface area (Å²) in [6, 6.07) is 19.9. The Morgan fingerprint density at radius 3 is 1.56 bits per heavy atom. The number of hydrogen-bond acceptors (Lipinski definition) is 9. The Hall–Kier alpha value is -4.08. The SMILES string of the molecule is COP(=O)(CCC(CCP(=O)(OC)OC)c1c2nc(cc3ccc([nH]3)c(-c3ccc(N)cc3)c3ccc(cc4nc1C=C4)[nH]3)C=C2)OC. The molecule has 0 amide bonds. The van der Waals surface area contributed by atoms with Gasteiger partial charge in [-0.25, -0.2) is 9.97 Å². The van der Waals surface area contributed by atoms with Crippen molar-refractivity contribution in [1.29, 1.82) is 0 Å². The van der Waals surface area contributed by atoms with Crippen LogP contribution in [0.3, 0.4) is 0 Å². The molecule has 0 atom stereocenters. The van der Waals surface area contributed by atoms with Crippen molar-refractivity contribution in [1.82, 2.24) is 19.9 Å². The Balaban J connectivity index is 1.57. The van der Waals surface area contributed by atoms with Crippen molar-refractivity contribution < 1.29 is 27.2 Å². The van der Waals surface area contributed by atoms with Gasteiger partial charge in [-0.1, -0.05) is 12.1 Å². The highest BCUT2D eigenvalue weighted by molar-refractivity contribution is 7.54. The second kappa shape index (κ2) is 14.2. The second-order valence-corrected chi connectivity index (χ2v) is 16.3. The summed E-state index contributed by atoms with van der Waals surface area (Å²) < 4.78 is 47.4. The second-order valence-electron chi connectivity index (χ2n) is 11.5. The normalized spacial score (nSPS) is 13.1. The number of nitrogens with zero attached hydrogens (tertiary/aromatic N) is 2. The van der Waals surface area contributed by atoms with Gasteiger partial charge in [-0.05, 0) is 97.2 Å². The summed E-state index contributed by atoms with van der Waals surface area (Å²) >= 11 is 0. The van der Waals surface area contributed by atoms with Crippen molar-refractivity contribution in [3.63, 3.8) is 0 Å². The molecule has 11 nitrogen and oxygen atoms in total. The number of nitrogens with one attached hydrogen (secondary N) is 2. The van der Waals surface area contributed by atoms with E-state index in [0.29, 0.717) is 29.9 Å². The van der Waals surface area contributed by atoms with Crippen molar-refractivity contribution in [2.75, 3.05) is 46.5 Å². The van der Waals surface area contributed by atoms with E-state index < -0.39 is 15.2 Å². The maximum atomic E-state index is 13.2. The molecule has 0 aliphatic carbocycles. The monoisotopic (exact) mass is 687 g/mol. The van der Waals surface area contributed by atoms with E-state index in [-0.39, 0.29) is 18.2 Å². The maximum absolute atomic E-state index is 13.2. The van der Waals surface area contributed by atoms with Crippen LogP contribution in [0.1, 0.15) is 47.1 Å². The van der Waals surface area contributed by atoms with E-state index in [1.807, 2.05) is 72.8 Å². The Labute approximate surface area is 279 Å². The number of H-pyrrole nitrogens is 2. The lowest BCUT2D eigenvalue weighted by Gasteiger charge is -2.23. The molecule has 0 saturated heterocycles. The molecular formula is C35H39N5O6P2. The number of aromatic amines is 2. The lowest BCUT2D eigenvalue weighted by atomic mass is 9.91. The third-order valence-electron chi connectivity index (χ3n) is 8.66. The minimum atomic E-state index is -3.35. The number of hydrogen-bond donors (Lipinski definition) is 3. The summed E-state index contributed by atoms with van der Waals surface area (Å²) in [7, 11) is -1.20. The van der Waals surface area contributed by atoms with E-state index in [4.69, 9.17) is 33.8 Å². The molecule has 0 fully saturated rings.